The minimum absolute atomic E-state index is 0.185. The fourth-order valence-corrected chi connectivity index (χ4v) is 3.63. The molecule has 2 aliphatic rings. The molecule has 3 rings (SSSR count). The van der Waals surface area contributed by atoms with Crippen molar-refractivity contribution in [1.82, 2.24) is 5.32 Å². The summed E-state index contributed by atoms with van der Waals surface area (Å²) in [6.45, 7) is 4.12. The zero-order chi connectivity index (χ0) is 16.6. The highest BCUT2D eigenvalue weighted by Crippen LogP contribution is 2.48. The predicted molar refractivity (Wildman–Crippen MR) is 84.9 cm³/mol. The van der Waals surface area contributed by atoms with Gasteiger partial charge >= 0.3 is 5.97 Å². The summed E-state index contributed by atoms with van der Waals surface area (Å²) < 4.78 is 16.7. The van der Waals surface area contributed by atoms with Gasteiger partial charge in [-0.3, -0.25) is 10.1 Å². The molecule has 0 bridgehead atoms. The van der Waals surface area contributed by atoms with Crippen LogP contribution in [0.2, 0.25) is 0 Å². The lowest BCUT2D eigenvalue weighted by Gasteiger charge is -2.25. The van der Waals surface area contributed by atoms with Crippen LogP contribution in [0.5, 0.6) is 11.5 Å². The number of esters is 1. The van der Waals surface area contributed by atoms with Crippen molar-refractivity contribution in [3.05, 3.63) is 22.2 Å². The molecule has 2 heterocycles. The van der Waals surface area contributed by atoms with Crippen LogP contribution < -0.4 is 14.8 Å². The van der Waals surface area contributed by atoms with Crippen molar-refractivity contribution in [3.63, 3.8) is 0 Å². The van der Waals surface area contributed by atoms with Crippen LogP contribution in [0.15, 0.2) is 16.6 Å². The van der Waals surface area contributed by atoms with Crippen molar-refractivity contribution in [2.24, 2.45) is 5.41 Å². The van der Waals surface area contributed by atoms with E-state index in [1.807, 2.05) is 19.1 Å². The van der Waals surface area contributed by atoms with Crippen molar-refractivity contribution in [2.75, 3.05) is 13.4 Å². The van der Waals surface area contributed by atoms with Gasteiger partial charge in [0.25, 0.3) is 0 Å². The predicted octanol–water partition coefficient (Wildman–Crippen LogP) is 2.67. The van der Waals surface area contributed by atoms with Gasteiger partial charge in [-0.05, 0) is 38.0 Å². The first-order valence-corrected chi connectivity index (χ1v) is 8.21. The van der Waals surface area contributed by atoms with Gasteiger partial charge in [0.15, 0.2) is 11.5 Å². The summed E-state index contributed by atoms with van der Waals surface area (Å²) in [5.74, 6) is 0.984. The fraction of sp³-hybridized carbons (Fsp3) is 0.500. The monoisotopic (exact) mass is 380 g/mol. The lowest BCUT2D eigenvalue weighted by Crippen LogP contribution is -2.34. The number of nitrogens with one attached hydrogen (secondary N) is 1. The van der Waals surface area contributed by atoms with Gasteiger partial charge in [0.05, 0.1) is 24.1 Å². The molecule has 3 unspecified atom stereocenters. The number of ether oxygens (including phenoxy) is 3. The first-order valence-electron chi connectivity index (χ1n) is 7.41. The van der Waals surface area contributed by atoms with Crippen molar-refractivity contribution >= 4 is 21.9 Å². The minimum Gasteiger partial charge on any atom is -0.465 e. The average Bonchev–Trinajstić information content (AvgIpc) is 3.11. The molecule has 1 aromatic rings. The Morgan fingerprint density at radius 2 is 2.22 bits per heavy atom. The highest BCUT2D eigenvalue weighted by atomic mass is 79.9. The summed E-state index contributed by atoms with van der Waals surface area (Å²) in [7, 11) is 0. The maximum Gasteiger partial charge on any atom is 0.323 e. The average molecular weight is 381 g/mol. The Morgan fingerprint density at radius 3 is 2.87 bits per heavy atom. The first-order chi connectivity index (χ1) is 11.0. The van der Waals surface area contributed by atoms with Gasteiger partial charge < -0.3 is 14.2 Å². The van der Waals surface area contributed by atoms with Crippen LogP contribution in [-0.4, -0.2) is 25.4 Å². The summed E-state index contributed by atoms with van der Waals surface area (Å²) in [6.07, 6.45) is 0.397. The van der Waals surface area contributed by atoms with Gasteiger partial charge in [-0.1, -0.05) is 15.9 Å². The normalized spacial score (nSPS) is 28.4. The van der Waals surface area contributed by atoms with Crippen molar-refractivity contribution in [3.8, 4) is 17.6 Å². The molecule has 2 aliphatic heterocycles. The van der Waals surface area contributed by atoms with E-state index in [4.69, 9.17) is 14.2 Å². The second-order valence-corrected chi connectivity index (χ2v) is 6.72. The van der Waals surface area contributed by atoms with Gasteiger partial charge in [0.1, 0.15) is 6.04 Å². The maximum atomic E-state index is 12.0. The molecule has 1 aromatic carbocycles. The molecule has 6 nitrogen and oxygen atoms in total. The van der Waals surface area contributed by atoms with Crippen LogP contribution in [0.25, 0.3) is 0 Å². The Morgan fingerprint density at radius 1 is 1.52 bits per heavy atom. The first kappa shape index (κ1) is 16.1. The molecule has 122 valence electrons. The molecule has 1 N–H and O–H groups in total. The molecule has 0 amide bonds. The number of nitrogens with zero attached hydrogens (tertiary/aromatic N) is 1. The Balaban J connectivity index is 1.95. The third-order valence-corrected chi connectivity index (χ3v) is 4.95. The quantitative estimate of drug-likeness (QED) is 0.811. The largest absolute Gasteiger partial charge is 0.465 e. The zero-order valence-corrected chi connectivity index (χ0v) is 14.5. The lowest BCUT2D eigenvalue weighted by molar-refractivity contribution is -0.145. The molecule has 0 spiro atoms. The van der Waals surface area contributed by atoms with E-state index in [1.165, 1.54) is 0 Å². The second-order valence-electron chi connectivity index (χ2n) is 5.86. The Labute approximate surface area is 142 Å². The number of carbonyl (C=O) groups excluding carboxylic acids is 1. The van der Waals surface area contributed by atoms with E-state index >= 15 is 0 Å². The summed E-state index contributed by atoms with van der Waals surface area (Å²) in [5.41, 5.74) is 0.137. The van der Waals surface area contributed by atoms with Crippen LogP contribution in [0.4, 0.5) is 0 Å². The second kappa shape index (κ2) is 6.02. The highest BCUT2D eigenvalue weighted by Gasteiger charge is 2.48. The number of hydrogen-bond donors (Lipinski definition) is 1. The molecule has 0 aliphatic carbocycles. The number of hydrogen-bond acceptors (Lipinski definition) is 6. The number of benzene rings is 1. The van der Waals surface area contributed by atoms with E-state index < -0.39 is 11.5 Å². The third-order valence-electron chi connectivity index (χ3n) is 4.26. The van der Waals surface area contributed by atoms with Crippen molar-refractivity contribution in [2.45, 2.75) is 32.4 Å². The van der Waals surface area contributed by atoms with Gasteiger partial charge in [0, 0.05) is 4.47 Å². The van der Waals surface area contributed by atoms with E-state index in [2.05, 4.69) is 27.3 Å². The van der Waals surface area contributed by atoms with Crippen molar-refractivity contribution in [1.29, 1.82) is 5.26 Å². The summed E-state index contributed by atoms with van der Waals surface area (Å²) >= 11 is 3.53. The SMILES string of the molecule is CCOC(=O)C1CC(C)(C#N)C(c2cc3c(cc2Br)OCO3)N1. The number of fused-ring (bicyclic) bond motifs is 1. The topological polar surface area (TPSA) is 80.6 Å². The Hall–Kier alpha value is -1.78. The Kier molecular flexibility index (Phi) is 4.21. The van der Waals surface area contributed by atoms with E-state index in [9.17, 15) is 10.1 Å². The molecule has 1 saturated heterocycles. The Bertz CT molecular complexity index is 687. The summed E-state index contributed by atoms with van der Waals surface area (Å²) in [6, 6.07) is 5.22. The van der Waals surface area contributed by atoms with Crippen LogP contribution in [0.1, 0.15) is 31.9 Å². The van der Waals surface area contributed by atoms with Gasteiger partial charge in [0.2, 0.25) is 6.79 Å². The smallest absolute Gasteiger partial charge is 0.323 e. The molecule has 0 radical (unpaired) electrons. The highest BCUT2D eigenvalue weighted by molar-refractivity contribution is 9.10. The third kappa shape index (κ3) is 2.77. The molecular formula is C16H17BrN2O4. The maximum absolute atomic E-state index is 12.0. The number of rotatable bonds is 3. The fourth-order valence-electron chi connectivity index (χ4n) is 3.08. The van der Waals surface area contributed by atoms with Gasteiger partial charge in [-0.25, -0.2) is 0 Å². The van der Waals surface area contributed by atoms with Crippen LogP contribution in [0.3, 0.4) is 0 Å². The summed E-state index contributed by atoms with van der Waals surface area (Å²) in [4.78, 5) is 12.0. The van der Waals surface area contributed by atoms with E-state index in [-0.39, 0.29) is 18.8 Å². The number of nitriles is 1. The van der Waals surface area contributed by atoms with E-state index in [0.717, 1.165) is 10.0 Å². The van der Waals surface area contributed by atoms with E-state index in [1.54, 1.807) is 6.92 Å². The van der Waals surface area contributed by atoms with E-state index in [0.29, 0.717) is 24.5 Å². The number of halogens is 1. The van der Waals surface area contributed by atoms with Gasteiger partial charge in [-0.2, -0.15) is 5.26 Å². The van der Waals surface area contributed by atoms with Crippen LogP contribution in [-0.2, 0) is 9.53 Å². The summed E-state index contributed by atoms with van der Waals surface area (Å²) in [5, 5.41) is 12.9. The number of carbonyl (C=O) groups is 1. The standard InChI is InChI=1S/C16H17BrN2O4/c1-3-21-15(20)11-6-16(2,7-18)14(19-11)9-4-12-13(5-10(9)17)23-8-22-12/h4-5,11,14,19H,3,6,8H2,1-2H3. The van der Waals surface area contributed by atoms with Gasteiger partial charge in [-0.15, -0.1) is 0 Å². The molecule has 0 saturated carbocycles. The molecule has 0 aromatic heterocycles. The zero-order valence-electron chi connectivity index (χ0n) is 12.9. The van der Waals surface area contributed by atoms with Crippen molar-refractivity contribution < 1.29 is 19.0 Å². The molecule has 23 heavy (non-hydrogen) atoms. The molecule has 7 heteroatoms. The molecule has 3 atom stereocenters. The minimum atomic E-state index is -0.729. The van der Waals surface area contributed by atoms with Crippen LogP contribution >= 0.6 is 15.9 Å². The van der Waals surface area contributed by atoms with Crippen LogP contribution in [0, 0.1) is 16.7 Å². The lowest BCUT2D eigenvalue weighted by atomic mass is 9.80. The molecule has 1 fully saturated rings. The molecular weight excluding hydrogens is 364 g/mol.